The lowest BCUT2D eigenvalue weighted by Gasteiger charge is -2.31. The van der Waals surface area contributed by atoms with Crippen molar-refractivity contribution in [2.75, 3.05) is 7.05 Å². The molecule has 182 valence electrons. The monoisotopic (exact) mass is 481 g/mol. The second-order valence-corrected chi connectivity index (χ2v) is 9.51. The van der Waals surface area contributed by atoms with Crippen molar-refractivity contribution >= 4 is 22.7 Å². The van der Waals surface area contributed by atoms with E-state index in [1.807, 2.05) is 37.3 Å². The van der Waals surface area contributed by atoms with Crippen LogP contribution in [0.3, 0.4) is 0 Å². The summed E-state index contributed by atoms with van der Waals surface area (Å²) in [6.45, 7) is 2.46. The normalized spacial score (nSPS) is 16.9. The number of Topliss-reactive ketones (excluding diaryl/α,β-unsaturated/α-hetero) is 1. The van der Waals surface area contributed by atoms with Gasteiger partial charge in [-0.05, 0) is 71.8 Å². The second-order valence-electron chi connectivity index (χ2n) is 9.51. The lowest BCUT2D eigenvalue weighted by molar-refractivity contribution is 0.0785. The fourth-order valence-electron chi connectivity index (χ4n) is 5.08. The number of hydrogen-bond acceptors (Lipinski definition) is 6. The van der Waals surface area contributed by atoms with Gasteiger partial charge in [0, 0.05) is 37.6 Å². The van der Waals surface area contributed by atoms with E-state index >= 15 is 0 Å². The number of fused-ring (bicyclic) bond motifs is 2. The maximum absolute atomic E-state index is 13.4. The predicted octanol–water partition coefficient (Wildman–Crippen LogP) is 4.86. The molecule has 0 radical (unpaired) electrons. The van der Waals surface area contributed by atoms with Crippen LogP contribution in [0.15, 0.2) is 67.0 Å². The van der Waals surface area contributed by atoms with E-state index in [-0.39, 0.29) is 34.7 Å². The van der Waals surface area contributed by atoms with Crippen molar-refractivity contribution in [3.8, 4) is 11.5 Å². The van der Waals surface area contributed by atoms with Gasteiger partial charge in [-0.15, -0.1) is 0 Å². The Balaban J connectivity index is 1.38. The molecule has 0 saturated carbocycles. The first kappa shape index (κ1) is 23.5. The third kappa shape index (κ3) is 4.40. The Bertz CT molecular complexity index is 1480. The second kappa shape index (κ2) is 9.41. The zero-order valence-corrected chi connectivity index (χ0v) is 20.2. The molecule has 5 rings (SSSR count). The molecule has 0 aliphatic heterocycles. The number of carbonyl (C=O) groups is 2. The molecule has 0 fully saturated rings. The van der Waals surface area contributed by atoms with Gasteiger partial charge in [-0.2, -0.15) is 0 Å². The molecule has 2 N–H and O–H groups in total. The number of aryl methyl sites for hydroxylation is 1. The fraction of sp³-hybridized carbons (Fsp3) is 0.241. The smallest absolute Gasteiger partial charge is 0.253 e. The minimum Gasteiger partial charge on any atom is -0.508 e. The zero-order valence-electron chi connectivity index (χ0n) is 20.2. The van der Waals surface area contributed by atoms with Gasteiger partial charge in [-0.25, -0.2) is 0 Å². The van der Waals surface area contributed by atoms with Crippen molar-refractivity contribution in [1.82, 2.24) is 14.9 Å². The number of nitrogens with zero attached hydrogens (tertiary/aromatic N) is 3. The molecule has 1 heterocycles. The van der Waals surface area contributed by atoms with Gasteiger partial charge in [-0.3, -0.25) is 19.6 Å². The van der Waals surface area contributed by atoms with Gasteiger partial charge in [0.15, 0.2) is 5.78 Å². The summed E-state index contributed by atoms with van der Waals surface area (Å²) in [5, 5.41) is 19.8. The summed E-state index contributed by atoms with van der Waals surface area (Å²) < 4.78 is 0. The minimum atomic E-state index is -0.426. The van der Waals surface area contributed by atoms with E-state index in [9.17, 15) is 19.8 Å². The maximum atomic E-state index is 13.4. The number of aromatic hydroxyl groups is 2. The molecule has 0 spiro atoms. The van der Waals surface area contributed by atoms with Gasteiger partial charge >= 0.3 is 0 Å². The Morgan fingerprint density at radius 1 is 0.972 bits per heavy atom. The van der Waals surface area contributed by atoms with Crippen LogP contribution >= 0.6 is 0 Å². The summed E-state index contributed by atoms with van der Waals surface area (Å²) in [5.41, 5.74) is 5.19. The van der Waals surface area contributed by atoms with Crippen LogP contribution in [0.1, 0.15) is 56.7 Å². The summed E-state index contributed by atoms with van der Waals surface area (Å²) in [4.78, 5) is 36.9. The number of rotatable bonds is 5. The van der Waals surface area contributed by atoms with Crippen molar-refractivity contribution in [3.05, 3.63) is 94.8 Å². The highest BCUT2D eigenvalue weighted by Crippen LogP contribution is 2.40. The minimum absolute atomic E-state index is 0.0819. The summed E-state index contributed by atoms with van der Waals surface area (Å²) in [7, 11) is 1.77. The van der Waals surface area contributed by atoms with E-state index in [0.717, 1.165) is 40.6 Å². The van der Waals surface area contributed by atoms with Gasteiger partial charge in [-0.1, -0.05) is 19.1 Å². The average Bonchev–Trinajstić information content (AvgIpc) is 2.87. The van der Waals surface area contributed by atoms with Crippen LogP contribution in [0.25, 0.3) is 11.0 Å². The van der Waals surface area contributed by atoms with E-state index in [0.29, 0.717) is 12.1 Å². The Morgan fingerprint density at radius 2 is 1.75 bits per heavy atom. The summed E-state index contributed by atoms with van der Waals surface area (Å²) in [6.07, 6.45) is 4.87. The molecule has 4 aromatic rings. The molecule has 1 amide bonds. The SMILES string of the molecule is C[C@H]1CCc2cc(C(=O)N(C)Cc3ccc4nccnc4c3)ccc2C1C(=O)c1ccc(O)cc1O. The van der Waals surface area contributed by atoms with E-state index in [4.69, 9.17) is 0 Å². The molecule has 3 aromatic carbocycles. The molecule has 7 nitrogen and oxygen atoms in total. The number of phenolic OH excluding ortho intramolecular Hbond substituents is 2. The van der Waals surface area contributed by atoms with Crippen LogP contribution in [0.2, 0.25) is 0 Å². The van der Waals surface area contributed by atoms with Crippen LogP contribution < -0.4 is 0 Å². The summed E-state index contributed by atoms with van der Waals surface area (Å²) >= 11 is 0. The Labute approximate surface area is 209 Å². The average molecular weight is 482 g/mol. The number of ketones is 1. The Hall–Kier alpha value is -4.26. The molecule has 7 heteroatoms. The molecule has 36 heavy (non-hydrogen) atoms. The quantitative estimate of drug-likeness (QED) is 0.395. The molecule has 1 aliphatic carbocycles. The molecule has 1 aliphatic rings. The highest BCUT2D eigenvalue weighted by molar-refractivity contribution is 6.04. The molecule has 0 saturated heterocycles. The number of amides is 1. The third-order valence-corrected chi connectivity index (χ3v) is 6.99. The van der Waals surface area contributed by atoms with E-state index < -0.39 is 5.92 Å². The molecular weight excluding hydrogens is 454 g/mol. The molecule has 0 bridgehead atoms. The van der Waals surface area contributed by atoms with Crippen molar-refractivity contribution < 1.29 is 19.8 Å². The van der Waals surface area contributed by atoms with Gasteiger partial charge in [0.1, 0.15) is 11.5 Å². The van der Waals surface area contributed by atoms with Gasteiger partial charge < -0.3 is 15.1 Å². The van der Waals surface area contributed by atoms with Crippen molar-refractivity contribution in [3.63, 3.8) is 0 Å². The summed E-state index contributed by atoms with van der Waals surface area (Å²) in [5.74, 6) is -0.952. The highest BCUT2D eigenvalue weighted by atomic mass is 16.3. The standard InChI is InChI=1S/C29H27N3O4/c1-17-3-5-19-14-20(6-8-22(19)27(17)28(35)23-9-7-21(33)15-26(23)34)29(36)32(2)16-18-4-10-24-25(13-18)31-12-11-30-24/h4,6-15,17,27,33-34H,3,5,16H2,1-2H3/t17-,27?/m0/s1. The first-order chi connectivity index (χ1) is 17.3. The Morgan fingerprint density at radius 3 is 2.53 bits per heavy atom. The number of carbonyl (C=O) groups excluding carboxylic acids is 2. The first-order valence-electron chi connectivity index (χ1n) is 12.0. The van der Waals surface area contributed by atoms with E-state index in [1.165, 1.54) is 18.2 Å². The van der Waals surface area contributed by atoms with Gasteiger partial charge in [0.05, 0.1) is 22.5 Å². The first-order valence-corrected chi connectivity index (χ1v) is 12.0. The van der Waals surface area contributed by atoms with E-state index in [2.05, 4.69) is 9.97 Å². The van der Waals surface area contributed by atoms with E-state index in [1.54, 1.807) is 30.4 Å². The lowest BCUT2D eigenvalue weighted by Crippen LogP contribution is -2.28. The largest absolute Gasteiger partial charge is 0.508 e. The number of aromatic nitrogens is 2. The zero-order chi connectivity index (χ0) is 25.4. The molecule has 1 aromatic heterocycles. The van der Waals surface area contributed by atoms with Crippen LogP contribution in [0.4, 0.5) is 0 Å². The van der Waals surface area contributed by atoms with Crippen LogP contribution in [0.5, 0.6) is 11.5 Å². The third-order valence-electron chi connectivity index (χ3n) is 6.99. The molecule has 2 atom stereocenters. The van der Waals surface area contributed by atoms with Crippen LogP contribution in [0, 0.1) is 5.92 Å². The van der Waals surface area contributed by atoms with Gasteiger partial charge in [0.25, 0.3) is 5.91 Å². The van der Waals surface area contributed by atoms with Gasteiger partial charge in [0.2, 0.25) is 0 Å². The Kier molecular flexibility index (Phi) is 6.14. The van der Waals surface area contributed by atoms with Crippen molar-refractivity contribution in [2.45, 2.75) is 32.2 Å². The maximum Gasteiger partial charge on any atom is 0.253 e. The summed E-state index contributed by atoms with van der Waals surface area (Å²) in [6, 6.07) is 15.4. The molecule has 1 unspecified atom stereocenters. The lowest BCUT2D eigenvalue weighted by atomic mass is 9.72. The number of benzene rings is 3. The molecular formula is C29H27N3O4. The highest BCUT2D eigenvalue weighted by Gasteiger charge is 2.34. The van der Waals surface area contributed by atoms with Crippen LogP contribution in [-0.2, 0) is 13.0 Å². The van der Waals surface area contributed by atoms with Crippen molar-refractivity contribution in [1.29, 1.82) is 0 Å². The number of hydrogen-bond donors (Lipinski definition) is 2. The van der Waals surface area contributed by atoms with Crippen molar-refractivity contribution in [2.24, 2.45) is 5.92 Å². The fourth-order valence-corrected chi connectivity index (χ4v) is 5.08. The van der Waals surface area contributed by atoms with Crippen LogP contribution in [-0.4, -0.2) is 43.8 Å². The topological polar surface area (TPSA) is 104 Å². The predicted molar refractivity (Wildman–Crippen MR) is 136 cm³/mol. The number of phenols is 2.